The van der Waals surface area contributed by atoms with Crippen molar-refractivity contribution in [3.63, 3.8) is 0 Å². The zero-order valence-corrected chi connectivity index (χ0v) is 14.4. The summed E-state index contributed by atoms with van der Waals surface area (Å²) in [5.74, 6) is 0.275. The molecule has 4 heteroatoms. The molecule has 2 aliphatic rings. The van der Waals surface area contributed by atoms with Crippen LogP contribution in [0.15, 0.2) is 24.3 Å². The molecule has 2 atom stereocenters. The van der Waals surface area contributed by atoms with E-state index in [4.69, 9.17) is 5.73 Å². The Morgan fingerprint density at radius 1 is 1.26 bits per heavy atom. The van der Waals surface area contributed by atoms with E-state index in [0.29, 0.717) is 0 Å². The van der Waals surface area contributed by atoms with E-state index in [1.54, 1.807) is 0 Å². The molecule has 1 amide bonds. The summed E-state index contributed by atoms with van der Waals surface area (Å²) in [6.45, 7) is 7.05. The van der Waals surface area contributed by atoms with Crippen molar-refractivity contribution in [2.24, 2.45) is 11.7 Å². The van der Waals surface area contributed by atoms with Gasteiger partial charge in [0.05, 0.1) is 6.04 Å². The van der Waals surface area contributed by atoms with Crippen LogP contribution in [0.3, 0.4) is 0 Å². The summed E-state index contributed by atoms with van der Waals surface area (Å²) in [6, 6.07) is 9.02. The van der Waals surface area contributed by atoms with Gasteiger partial charge in [0.2, 0.25) is 5.91 Å². The predicted molar refractivity (Wildman–Crippen MR) is 94.5 cm³/mol. The molecule has 2 aliphatic heterocycles. The molecule has 126 valence electrons. The minimum absolute atomic E-state index is 0.0405. The average Bonchev–Trinajstić information content (AvgIpc) is 3.18. The molecule has 0 bridgehead atoms. The van der Waals surface area contributed by atoms with Gasteiger partial charge in [-0.3, -0.25) is 4.79 Å². The predicted octanol–water partition coefficient (Wildman–Crippen LogP) is 2.41. The summed E-state index contributed by atoms with van der Waals surface area (Å²) in [5.41, 5.74) is 8.91. The molecular formula is C19H29N3O. The second-order valence-corrected chi connectivity index (χ2v) is 7.27. The van der Waals surface area contributed by atoms with E-state index in [1.165, 1.54) is 24.1 Å². The highest BCUT2D eigenvalue weighted by molar-refractivity contribution is 5.79. The van der Waals surface area contributed by atoms with Crippen LogP contribution in [0.25, 0.3) is 0 Å². The van der Waals surface area contributed by atoms with Gasteiger partial charge in [-0.2, -0.15) is 0 Å². The van der Waals surface area contributed by atoms with Crippen LogP contribution in [0, 0.1) is 5.92 Å². The minimum atomic E-state index is 0.0405. The van der Waals surface area contributed by atoms with Crippen LogP contribution in [-0.2, 0) is 11.2 Å². The van der Waals surface area contributed by atoms with Gasteiger partial charge < -0.3 is 15.5 Å². The molecule has 2 fully saturated rings. The zero-order valence-electron chi connectivity index (χ0n) is 14.4. The van der Waals surface area contributed by atoms with Gasteiger partial charge >= 0.3 is 0 Å². The van der Waals surface area contributed by atoms with Crippen LogP contribution in [0.2, 0.25) is 0 Å². The normalized spacial score (nSPS) is 24.7. The number of nitrogens with two attached hydrogens (primary N) is 1. The standard InChI is InChI=1S/C19H29N3O/c1-14(2)19(23)22-11-8-17(20)18(22)13-15-6-5-7-16(12-15)21-9-3-4-10-21/h5-7,12,14,17-18H,3-4,8-11,13,20H2,1-2H3. The van der Waals surface area contributed by atoms with Gasteiger partial charge in [0.15, 0.2) is 0 Å². The van der Waals surface area contributed by atoms with Gasteiger partial charge in [0, 0.05) is 37.3 Å². The fourth-order valence-corrected chi connectivity index (χ4v) is 3.84. The van der Waals surface area contributed by atoms with Crippen molar-refractivity contribution in [2.75, 3.05) is 24.5 Å². The van der Waals surface area contributed by atoms with Gasteiger partial charge in [0.25, 0.3) is 0 Å². The Morgan fingerprint density at radius 2 is 2.00 bits per heavy atom. The van der Waals surface area contributed by atoms with Crippen molar-refractivity contribution < 1.29 is 4.79 Å². The lowest BCUT2D eigenvalue weighted by Gasteiger charge is -2.29. The Morgan fingerprint density at radius 3 is 2.70 bits per heavy atom. The Balaban J connectivity index is 1.74. The summed E-state index contributed by atoms with van der Waals surface area (Å²) in [5, 5.41) is 0. The number of hydrogen-bond acceptors (Lipinski definition) is 3. The third-order valence-corrected chi connectivity index (χ3v) is 5.20. The molecule has 2 unspecified atom stereocenters. The number of carbonyl (C=O) groups is 1. The lowest BCUT2D eigenvalue weighted by atomic mass is 9.99. The number of likely N-dealkylation sites (tertiary alicyclic amines) is 1. The van der Waals surface area contributed by atoms with Gasteiger partial charge in [-0.15, -0.1) is 0 Å². The van der Waals surface area contributed by atoms with Crippen LogP contribution in [0.4, 0.5) is 5.69 Å². The van der Waals surface area contributed by atoms with Crippen molar-refractivity contribution in [1.82, 2.24) is 4.90 Å². The quantitative estimate of drug-likeness (QED) is 0.928. The second-order valence-electron chi connectivity index (χ2n) is 7.27. The molecule has 2 N–H and O–H groups in total. The smallest absolute Gasteiger partial charge is 0.225 e. The Hall–Kier alpha value is -1.55. The topological polar surface area (TPSA) is 49.6 Å². The highest BCUT2D eigenvalue weighted by atomic mass is 16.2. The molecule has 0 radical (unpaired) electrons. The molecule has 4 nitrogen and oxygen atoms in total. The first kappa shape index (κ1) is 16.3. The van der Waals surface area contributed by atoms with Crippen LogP contribution < -0.4 is 10.6 Å². The molecule has 23 heavy (non-hydrogen) atoms. The number of anilines is 1. The maximum atomic E-state index is 12.4. The Bertz CT molecular complexity index is 551. The molecule has 0 saturated carbocycles. The number of benzene rings is 1. The number of hydrogen-bond donors (Lipinski definition) is 1. The number of nitrogens with zero attached hydrogens (tertiary/aromatic N) is 2. The highest BCUT2D eigenvalue weighted by Crippen LogP contribution is 2.26. The third-order valence-electron chi connectivity index (χ3n) is 5.20. The summed E-state index contributed by atoms with van der Waals surface area (Å²) in [4.78, 5) is 16.9. The molecule has 3 rings (SSSR count). The van der Waals surface area contributed by atoms with E-state index in [2.05, 4.69) is 29.2 Å². The van der Waals surface area contributed by atoms with E-state index in [1.807, 2.05) is 18.7 Å². The molecule has 0 spiro atoms. The fourth-order valence-electron chi connectivity index (χ4n) is 3.84. The first-order valence-corrected chi connectivity index (χ1v) is 8.96. The van der Waals surface area contributed by atoms with Crippen molar-refractivity contribution in [3.05, 3.63) is 29.8 Å². The van der Waals surface area contributed by atoms with Crippen LogP contribution in [-0.4, -0.2) is 42.5 Å². The first-order valence-electron chi connectivity index (χ1n) is 8.96. The van der Waals surface area contributed by atoms with Gasteiger partial charge in [-0.05, 0) is 43.4 Å². The summed E-state index contributed by atoms with van der Waals surface area (Å²) >= 11 is 0. The second kappa shape index (κ2) is 6.91. The Labute approximate surface area is 139 Å². The molecule has 0 aliphatic carbocycles. The van der Waals surface area contributed by atoms with Crippen molar-refractivity contribution in [1.29, 1.82) is 0 Å². The van der Waals surface area contributed by atoms with Crippen LogP contribution >= 0.6 is 0 Å². The maximum Gasteiger partial charge on any atom is 0.225 e. The first-order chi connectivity index (χ1) is 11.1. The monoisotopic (exact) mass is 315 g/mol. The van der Waals surface area contributed by atoms with E-state index < -0.39 is 0 Å². The zero-order chi connectivity index (χ0) is 16.4. The van der Waals surface area contributed by atoms with Crippen molar-refractivity contribution in [3.8, 4) is 0 Å². The molecule has 1 aromatic carbocycles. The molecule has 2 saturated heterocycles. The lowest BCUT2D eigenvalue weighted by Crippen LogP contribution is -2.45. The summed E-state index contributed by atoms with van der Waals surface area (Å²) in [6.07, 6.45) is 4.35. The summed E-state index contributed by atoms with van der Waals surface area (Å²) < 4.78 is 0. The third kappa shape index (κ3) is 3.52. The largest absolute Gasteiger partial charge is 0.372 e. The van der Waals surface area contributed by atoms with Crippen molar-refractivity contribution in [2.45, 2.75) is 51.6 Å². The van der Waals surface area contributed by atoms with Gasteiger partial charge in [0.1, 0.15) is 0 Å². The summed E-state index contributed by atoms with van der Waals surface area (Å²) in [7, 11) is 0. The maximum absolute atomic E-state index is 12.4. The molecule has 1 aromatic rings. The minimum Gasteiger partial charge on any atom is -0.372 e. The SMILES string of the molecule is CC(C)C(=O)N1CCC(N)C1Cc1cccc(N2CCCC2)c1. The van der Waals surface area contributed by atoms with E-state index >= 15 is 0 Å². The van der Waals surface area contributed by atoms with Gasteiger partial charge in [-0.25, -0.2) is 0 Å². The molecule has 2 heterocycles. The molecule has 0 aromatic heterocycles. The fraction of sp³-hybridized carbons (Fsp3) is 0.632. The van der Waals surface area contributed by atoms with Gasteiger partial charge in [-0.1, -0.05) is 26.0 Å². The van der Waals surface area contributed by atoms with Crippen LogP contribution in [0.5, 0.6) is 0 Å². The number of carbonyl (C=O) groups excluding carboxylic acids is 1. The number of rotatable bonds is 4. The van der Waals surface area contributed by atoms with E-state index in [0.717, 1.165) is 32.5 Å². The van der Waals surface area contributed by atoms with E-state index in [-0.39, 0.29) is 23.9 Å². The Kier molecular flexibility index (Phi) is 4.90. The lowest BCUT2D eigenvalue weighted by molar-refractivity contribution is -0.135. The highest BCUT2D eigenvalue weighted by Gasteiger charge is 2.35. The number of amides is 1. The average molecular weight is 315 g/mol. The van der Waals surface area contributed by atoms with E-state index in [9.17, 15) is 4.79 Å². The van der Waals surface area contributed by atoms with Crippen molar-refractivity contribution >= 4 is 11.6 Å². The molecular weight excluding hydrogens is 286 g/mol. The van der Waals surface area contributed by atoms with Crippen LogP contribution in [0.1, 0.15) is 38.7 Å².